The Hall–Kier alpha value is -1.77. The van der Waals surface area contributed by atoms with Gasteiger partial charge in [0.2, 0.25) is 0 Å². The standard InChI is InChI=1S/C15H19NO2/c1-2-3-4-5-12-17-14-8-6-13(7-9-14)15-10-11-16-18-15/h6-11H,2-5,12H2,1H3. The number of nitrogens with zero attached hydrogens (tertiary/aromatic N) is 1. The van der Waals surface area contributed by atoms with E-state index in [1.807, 2.05) is 30.3 Å². The van der Waals surface area contributed by atoms with Crippen LogP contribution in [0.1, 0.15) is 32.6 Å². The molecule has 96 valence electrons. The van der Waals surface area contributed by atoms with Crippen LogP contribution >= 0.6 is 0 Å². The van der Waals surface area contributed by atoms with Gasteiger partial charge in [-0.25, -0.2) is 0 Å². The van der Waals surface area contributed by atoms with Crippen molar-refractivity contribution in [3.8, 4) is 17.1 Å². The van der Waals surface area contributed by atoms with Crippen molar-refractivity contribution in [2.45, 2.75) is 32.6 Å². The van der Waals surface area contributed by atoms with Gasteiger partial charge in [-0.15, -0.1) is 0 Å². The number of ether oxygens (including phenoxy) is 1. The lowest BCUT2D eigenvalue weighted by molar-refractivity contribution is 0.305. The Balaban J connectivity index is 1.81. The fourth-order valence-corrected chi connectivity index (χ4v) is 1.80. The third-order valence-electron chi connectivity index (χ3n) is 2.84. The lowest BCUT2D eigenvalue weighted by Crippen LogP contribution is -1.96. The largest absolute Gasteiger partial charge is 0.494 e. The highest BCUT2D eigenvalue weighted by atomic mass is 16.5. The summed E-state index contributed by atoms with van der Waals surface area (Å²) in [5, 5.41) is 3.69. The van der Waals surface area contributed by atoms with Gasteiger partial charge in [0.05, 0.1) is 12.8 Å². The summed E-state index contributed by atoms with van der Waals surface area (Å²) < 4.78 is 10.8. The molecule has 0 spiro atoms. The van der Waals surface area contributed by atoms with Gasteiger partial charge in [-0.3, -0.25) is 0 Å². The Kier molecular flexibility index (Phi) is 4.82. The first-order valence-corrected chi connectivity index (χ1v) is 6.54. The van der Waals surface area contributed by atoms with Crippen molar-refractivity contribution in [2.75, 3.05) is 6.61 Å². The lowest BCUT2D eigenvalue weighted by Gasteiger charge is -2.06. The molecule has 2 rings (SSSR count). The molecule has 0 fully saturated rings. The first kappa shape index (κ1) is 12.7. The third kappa shape index (κ3) is 3.62. The van der Waals surface area contributed by atoms with Crippen molar-refractivity contribution in [1.82, 2.24) is 5.16 Å². The van der Waals surface area contributed by atoms with E-state index in [0.717, 1.165) is 30.1 Å². The van der Waals surface area contributed by atoms with Crippen LogP contribution in [-0.4, -0.2) is 11.8 Å². The van der Waals surface area contributed by atoms with Crippen LogP contribution in [0.2, 0.25) is 0 Å². The van der Waals surface area contributed by atoms with Crippen molar-refractivity contribution in [1.29, 1.82) is 0 Å². The minimum absolute atomic E-state index is 0.782. The summed E-state index contributed by atoms with van der Waals surface area (Å²) >= 11 is 0. The Morgan fingerprint density at radius 1 is 1.06 bits per heavy atom. The van der Waals surface area contributed by atoms with Gasteiger partial charge in [-0.2, -0.15) is 0 Å². The highest BCUT2D eigenvalue weighted by Gasteiger charge is 2.01. The van der Waals surface area contributed by atoms with Gasteiger partial charge in [-0.1, -0.05) is 31.3 Å². The Morgan fingerprint density at radius 2 is 1.89 bits per heavy atom. The van der Waals surface area contributed by atoms with Crippen LogP contribution in [0.3, 0.4) is 0 Å². The van der Waals surface area contributed by atoms with Gasteiger partial charge in [0, 0.05) is 11.6 Å². The molecule has 0 radical (unpaired) electrons. The van der Waals surface area contributed by atoms with E-state index in [0.29, 0.717) is 0 Å². The van der Waals surface area contributed by atoms with E-state index in [1.54, 1.807) is 6.20 Å². The number of hydrogen-bond donors (Lipinski definition) is 0. The Morgan fingerprint density at radius 3 is 2.56 bits per heavy atom. The Bertz CT molecular complexity index is 434. The summed E-state index contributed by atoms with van der Waals surface area (Å²) in [6.45, 7) is 3.00. The maximum absolute atomic E-state index is 5.68. The number of rotatable bonds is 7. The molecule has 0 N–H and O–H groups in total. The molecule has 0 unspecified atom stereocenters. The molecule has 0 aliphatic rings. The SMILES string of the molecule is CCCCCCOc1ccc(-c2ccno2)cc1. The van der Waals surface area contributed by atoms with Gasteiger partial charge in [0.1, 0.15) is 5.75 Å². The topological polar surface area (TPSA) is 35.3 Å². The molecule has 1 heterocycles. The monoisotopic (exact) mass is 245 g/mol. The number of hydrogen-bond acceptors (Lipinski definition) is 3. The van der Waals surface area contributed by atoms with E-state index in [-0.39, 0.29) is 0 Å². The summed E-state index contributed by atoms with van der Waals surface area (Å²) in [5.74, 6) is 1.69. The second-order valence-corrected chi connectivity index (χ2v) is 4.31. The van der Waals surface area contributed by atoms with Gasteiger partial charge in [0.25, 0.3) is 0 Å². The highest BCUT2D eigenvalue weighted by molar-refractivity contribution is 5.57. The third-order valence-corrected chi connectivity index (χ3v) is 2.84. The fraction of sp³-hybridized carbons (Fsp3) is 0.400. The highest BCUT2D eigenvalue weighted by Crippen LogP contribution is 2.21. The molecule has 1 aromatic carbocycles. The minimum atomic E-state index is 0.782. The molecule has 3 nitrogen and oxygen atoms in total. The summed E-state index contributed by atoms with van der Waals surface area (Å²) in [7, 11) is 0. The van der Waals surface area contributed by atoms with Gasteiger partial charge >= 0.3 is 0 Å². The van der Waals surface area contributed by atoms with Crippen LogP contribution in [0, 0.1) is 0 Å². The minimum Gasteiger partial charge on any atom is -0.494 e. The molecule has 0 aliphatic carbocycles. The van der Waals surface area contributed by atoms with Crippen LogP contribution in [0.5, 0.6) is 5.75 Å². The quantitative estimate of drug-likeness (QED) is 0.682. The first-order valence-electron chi connectivity index (χ1n) is 6.54. The Labute approximate surface area is 108 Å². The van der Waals surface area contributed by atoms with Crippen LogP contribution in [0.15, 0.2) is 41.1 Å². The van der Waals surface area contributed by atoms with Crippen LogP contribution in [0.4, 0.5) is 0 Å². The summed E-state index contributed by atoms with van der Waals surface area (Å²) in [5.41, 5.74) is 1.02. The lowest BCUT2D eigenvalue weighted by atomic mass is 10.2. The average molecular weight is 245 g/mol. The van der Waals surface area contributed by atoms with Crippen molar-refractivity contribution in [3.63, 3.8) is 0 Å². The molecule has 0 saturated carbocycles. The van der Waals surface area contributed by atoms with Crippen molar-refractivity contribution >= 4 is 0 Å². The zero-order chi connectivity index (χ0) is 12.6. The molecular formula is C15H19NO2. The molecule has 0 saturated heterocycles. The summed E-state index contributed by atoms with van der Waals surface area (Å²) in [6.07, 6.45) is 6.55. The predicted molar refractivity (Wildman–Crippen MR) is 71.6 cm³/mol. The smallest absolute Gasteiger partial charge is 0.166 e. The van der Waals surface area contributed by atoms with Crippen molar-refractivity contribution in [3.05, 3.63) is 36.5 Å². The van der Waals surface area contributed by atoms with Crippen molar-refractivity contribution < 1.29 is 9.26 Å². The second kappa shape index (κ2) is 6.84. The molecule has 0 bridgehead atoms. The van der Waals surface area contributed by atoms with Crippen LogP contribution in [-0.2, 0) is 0 Å². The normalized spacial score (nSPS) is 10.5. The molecule has 0 amide bonds. The van der Waals surface area contributed by atoms with Crippen LogP contribution < -0.4 is 4.74 Å². The summed E-state index contributed by atoms with van der Waals surface area (Å²) in [4.78, 5) is 0. The van der Waals surface area contributed by atoms with E-state index in [4.69, 9.17) is 9.26 Å². The van der Waals surface area contributed by atoms with E-state index >= 15 is 0 Å². The van der Waals surface area contributed by atoms with Gasteiger partial charge in [-0.05, 0) is 30.7 Å². The predicted octanol–water partition coefficient (Wildman–Crippen LogP) is 4.30. The van der Waals surface area contributed by atoms with Crippen molar-refractivity contribution in [2.24, 2.45) is 0 Å². The van der Waals surface area contributed by atoms with Gasteiger partial charge in [0.15, 0.2) is 5.76 Å². The van der Waals surface area contributed by atoms with Gasteiger partial charge < -0.3 is 9.26 Å². The molecule has 1 aromatic heterocycles. The van der Waals surface area contributed by atoms with Crippen LogP contribution in [0.25, 0.3) is 11.3 Å². The number of aromatic nitrogens is 1. The van der Waals surface area contributed by atoms with E-state index < -0.39 is 0 Å². The molecule has 0 aliphatic heterocycles. The van der Waals surface area contributed by atoms with E-state index in [2.05, 4.69) is 12.1 Å². The molecule has 0 atom stereocenters. The molecule has 3 heteroatoms. The molecular weight excluding hydrogens is 226 g/mol. The number of benzene rings is 1. The number of unbranched alkanes of at least 4 members (excludes halogenated alkanes) is 3. The summed E-state index contributed by atoms with van der Waals surface area (Å²) in [6, 6.07) is 9.76. The van der Waals surface area contributed by atoms with E-state index in [9.17, 15) is 0 Å². The first-order chi connectivity index (χ1) is 8.90. The zero-order valence-electron chi connectivity index (χ0n) is 10.8. The maximum Gasteiger partial charge on any atom is 0.166 e. The molecule has 18 heavy (non-hydrogen) atoms. The average Bonchev–Trinajstić information content (AvgIpc) is 2.93. The second-order valence-electron chi connectivity index (χ2n) is 4.31. The zero-order valence-corrected chi connectivity index (χ0v) is 10.8. The molecule has 2 aromatic rings. The maximum atomic E-state index is 5.68. The fourth-order valence-electron chi connectivity index (χ4n) is 1.80. The van der Waals surface area contributed by atoms with E-state index in [1.165, 1.54) is 19.3 Å².